The summed E-state index contributed by atoms with van der Waals surface area (Å²) in [6.45, 7) is 5.06. The van der Waals surface area contributed by atoms with Gasteiger partial charge in [0.25, 0.3) is 0 Å². The van der Waals surface area contributed by atoms with Crippen LogP contribution in [0.4, 0.5) is 0 Å². The quantitative estimate of drug-likeness (QED) is 0.751. The highest BCUT2D eigenvalue weighted by atomic mass is 32.1. The third-order valence-electron chi connectivity index (χ3n) is 6.54. The van der Waals surface area contributed by atoms with E-state index in [1.54, 1.807) is 18.4 Å². The summed E-state index contributed by atoms with van der Waals surface area (Å²) in [5.74, 6) is 1.34. The van der Waals surface area contributed by atoms with Crippen molar-refractivity contribution >= 4 is 17.2 Å². The lowest BCUT2D eigenvalue weighted by Gasteiger charge is -2.30. The van der Waals surface area contributed by atoms with E-state index < -0.39 is 0 Å². The molecule has 2 heterocycles. The molecule has 28 heavy (non-hydrogen) atoms. The Bertz CT molecular complexity index is 781. The van der Waals surface area contributed by atoms with Gasteiger partial charge >= 0.3 is 0 Å². The van der Waals surface area contributed by atoms with Crippen LogP contribution < -0.4 is 10.1 Å². The maximum atomic E-state index is 13.4. The van der Waals surface area contributed by atoms with Crippen molar-refractivity contribution < 1.29 is 9.53 Å². The van der Waals surface area contributed by atoms with Gasteiger partial charge in [-0.15, -0.1) is 0 Å². The fourth-order valence-corrected chi connectivity index (χ4v) is 5.27. The van der Waals surface area contributed by atoms with E-state index in [0.717, 1.165) is 25.4 Å². The number of piperidine rings is 1. The van der Waals surface area contributed by atoms with Crippen LogP contribution in [0.2, 0.25) is 0 Å². The molecule has 2 unspecified atom stereocenters. The minimum Gasteiger partial charge on any atom is -0.497 e. The van der Waals surface area contributed by atoms with Crippen molar-refractivity contribution in [3.05, 3.63) is 52.2 Å². The van der Waals surface area contributed by atoms with Gasteiger partial charge in [0.05, 0.1) is 7.11 Å². The SMILES string of the molecule is COc1ccc(C(C)CC(=O)N(Cc2ccsc2)C2CC23CCNCC3)cc1. The number of thiophene rings is 1. The van der Waals surface area contributed by atoms with E-state index in [-0.39, 0.29) is 11.8 Å². The average molecular weight is 399 g/mol. The summed E-state index contributed by atoms with van der Waals surface area (Å²) in [4.78, 5) is 15.6. The van der Waals surface area contributed by atoms with Crippen molar-refractivity contribution in [2.24, 2.45) is 5.41 Å². The average Bonchev–Trinajstić information content (AvgIpc) is 3.14. The molecule has 2 fully saturated rings. The molecule has 1 saturated carbocycles. The van der Waals surface area contributed by atoms with Gasteiger partial charge in [0, 0.05) is 19.0 Å². The molecule has 2 aromatic rings. The molecule has 0 bridgehead atoms. The summed E-state index contributed by atoms with van der Waals surface area (Å²) >= 11 is 1.71. The molecule has 0 radical (unpaired) electrons. The third-order valence-corrected chi connectivity index (χ3v) is 7.27. The Kier molecular flexibility index (Phi) is 5.74. The fourth-order valence-electron chi connectivity index (χ4n) is 4.61. The van der Waals surface area contributed by atoms with E-state index in [1.165, 1.54) is 30.4 Å². The third kappa shape index (κ3) is 4.11. The zero-order chi connectivity index (χ0) is 19.6. The molecule has 1 saturated heterocycles. The number of methoxy groups -OCH3 is 1. The first kappa shape index (κ1) is 19.5. The number of hydrogen-bond acceptors (Lipinski definition) is 4. The highest BCUT2D eigenvalue weighted by Gasteiger charge is 2.57. The Labute approximate surface area is 171 Å². The van der Waals surface area contributed by atoms with Crippen LogP contribution in [0.5, 0.6) is 5.75 Å². The second-order valence-corrected chi connectivity index (χ2v) is 9.14. The van der Waals surface area contributed by atoms with Crippen LogP contribution in [0.15, 0.2) is 41.1 Å². The molecule has 1 aromatic carbocycles. The maximum absolute atomic E-state index is 13.4. The van der Waals surface area contributed by atoms with Crippen LogP contribution in [-0.2, 0) is 11.3 Å². The molecule has 5 heteroatoms. The highest BCUT2D eigenvalue weighted by molar-refractivity contribution is 7.07. The molecule has 1 aromatic heterocycles. The summed E-state index contributed by atoms with van der Waals surface area (Å²) in [7, 11) is 1.68. The largest absolute Gasteiger partial charge is 0.497 e. The number of amides is 1. The monoisotopic (exact) mass is 398 g/mol. The number of hydrogen-bond donors (Lipinski definition) is 1. The molecule has 2 atom stereocenters. The number of nitrogens with one attached hydrogen (secondary N) is 1. The minimum absolute atomic E-state index is 0.200. The van der Waals surface area contributed by atoms with Crippen LogP contribution in [0, 0.1) is 5.41 Å². The number of nitrogens with zero attached hydrogens (tertiary/aromatic N) is 1. The predicted molar refractivity (Wildman–Crippen MR) is 114 cm³/mol. The zero-order valence-electron chi connectivity index (χ0n) is 16.8. The van der Waals surface area contributed by atoms with Gasteiger partial charge < -0.3 is 15.0 Å². The summed E-state index contributed by atoms with van der Waals surface area (Å²) in [5.41, 5.74) is 2.81. The van der Waals surface area contributed by atoms with Crippen LogP contribution in [0.25, 0.3) is 0 Å². The molecule has 1 spiro atoms. The maximum Gasteiger partial charge on any atom is 0.223 e. The second kappa shape index (κ2) is 8.26. The molecular formula is C23H30N2O2S. The molecule has 1 amide bonds. The normalized spacial score (nSPS) is 21.3. The Balaban J connectivity index is 1.46. The molecule has 1 aliphatic heterocycles. The molecule has 1 N–H and O–H groups in total. The first-order valence-corrected chi connectivity index (χ1v) is 11.2. The predicted octanol–water partition coefficient (Wildman–Crippen LogP) is 4.42. The second-order valence-electron chi connectivity index (χ2n) is 8.36. The Morgan fingerprint density at radius 1 is 1.29 bits per heavy atom. The minimum atomic E-state index is 0.200. The van der Waals surface area contributed by atoms with E-state index in [4.69, 9.17) is 4.74 Å². The first-order valence-electron chi connectivity index (χ1n) is 10.3. The van der Waals surface area contributed by atoms with Crippen molar-refractivity contribution in [3.8, 4) is 5.75 Å². The van der Waals surface area contributed by atoms with Crippen LogP contribution in [0.3, 0.4) is 0 Å². The van der Waals surface area contributed by atoms with Gasteiger partial charge in [0.1, 0.15) is 5.75 Å². The standard InChI is InChI=1S/C23H30N2O2S/c1-17(19-3-5-20(27-2)6-4-19)13-22(26)25(15-18-7-12-28-16-18)21-14-23(21)8-10-24-11-9-23/h3-7,12,16-17,21,24H,8-11,13-15H2,1-2H3. The van der Waals surface area contributed by atoms with Crippen molar-refractivity contribution in [1.82, 2.24) is 10.2 Å². The summed E-state index contributed by atoms with van der Waals surface area (Å²) in [5, 5.41) is 7.74. The van der Waals surface area contributed by atoms with Gasteiger partial charge in [-0.25, -0.2) is 0 Å². The number of carbonyl (C=O) groups excluding carboxylic acids is 1. The zero-order valence-corrected chi connectivity index (χ0v) is 17.6. The van der Waals surface area contributed by atoms with Crippen LogP contribution in [-0.4, -0.2) is 37.0 Å². The number of rotatable bonds is 7. The van der Waals surface area contributed by atoms with Crippen molar-refractivity contribution in [2.45, 2.75) is 51.1 Å². The van der Waals surface area contributed by atoms with E-state index >= 15 is 0 Å². The topological polar surface area (TPSA) is 41.6 Å². The molecule has 150 valence electrons. The summed E-state index contributed by atoms with van der Waals surface area (Å²) in [6, 6.07) is 10.7. The Morgan fingerprint density at radius 3 is 2.68 bits per heavy atom. The number of ether oxygens (including phenoxy) is 1. The van der Waals surface area contributed by atoms with Gasteiger partial charge in [-0.3, -0.25) is 4.79 Å². The summed E-state index contributed by atoms with van der Waals surface area (Å²) in [6.07, 6.45) is 4.11. The molecule has 2 aliphatic rings. The van der Waals surface area contributed by atoms with Gasteiger partial charge in [-0.05, 0) is 83.8 Å². The first-order chi connectivity index (χ1) is 13.6. The smallest absolute Gasteiger partial charge is 0.223 e. The van der Waals surface area contributed by atoms with Gasteiger partial charge in [-0.2, -0.15) is 11.3 Å². The molecular weight excluding hydrogens is 368 g/mol. The van der Waals surface area contributed by atoms with E-state index in [9.17, 15) is 4.79 Å². The van der Waals surface area contributed by atoms with Gasteiger partial charge in [0.15, 0.2) is 0 Å². The lowest BCUT2D eigenvalue weighted by atomic mass is 9.93. The van der Waals surface area contributed by atoms with E-state index in [2.05, 4.69) is 46.1 Å². The number of carbonyl (C=O) groups is 1. The van der Waals surface area contributed by atoms with Crippen molar-refractivity contribution in [1.29, 1.82) is 0 Å². The van der Waals surface area contributed by atoms with Crippen LogP contribution in [0.1, 0.15) is 49.7 Å². The van der Waals surface area contributed by atoms with E-state index in [1.807, 2.05) is 12.1 Å². The molecule has 4 rings (SSSR count). The lowest BCUT2D eigenvalue weighted by molar-refractivity contribution is -0.133. The fraction of sp³-hybridized carbons (Fsp3) is 0.522. The number of benzene rings is 1. The van der Waals surface area contributed by atoms with Crippen molar-refractivity contribution in [2.75, 3.05) is 20.2 Å². The highest BCUT2D eigenvalue weighted by Crippen LogP contribution is 2.56. The van der Waals surface area contributed by atoms with Gasteiger partial charge in [0.2, 0.25) is 5.91 Å². The molecule has 1 aliphatic carbocycles. The summed E-state index contributed by atoms with van der Waals surface area (Å²) < 4.78 is 5.25. The van der Waals surface area contributed by atoms with E-state index in [0.29, 0.717) is 17.9 Å². The molecule has 4 nitrogen and oxygen atoms in total. The van der Waals surface area contributed by atoms with Gasteiger partial charge in [-0.1, -0.05) is 19.1 Å². The Morgan fingerprint density at radius 2 is 2.04 bits per heavy atom. The van der Waals surface area contributed by atoms with Crippen LogP contribution >= 0.6 is 11.3 Å². The lowest BCUT2D eigenvalue weighted by Crippen LogP contribution is -2.39. The van der Waals surface area contributed by atoms with Crippen molar-refractivity contribution in [3.63, 3.8) is 0 Å². The Hall–Kier alpha value is -1.85.